The van der Waals surface area contributed by atoms with Crippen LogP contribution in [-0.4, -0.2) is 24.9 Å². The quantitative estimate of drug-likeness (QED) is 0.697. The number of aromatic nitrogens is 4. The molecule has 3 aromatic heterocycles. The maximum Gasteiger partial charge on any atom is 0.140 e. The van der Waals surface area contributed by atoms with Crippen LogP contribution in [-0.2, 0) is 13.7 Å². The van der Waals surface area contributed by atoms with Crippen LogP contribution >= 0.6 is 0 Å². The van der Waals surface area contributed by atoms with Crippen LogP contribution in [0.3, 0.4) is 0 Å². The summed E-state index contributed by atoms with van der Waals surface area (Å²) < 4.78 is 1.90. The number of hydrogen-bond donors (Lipinski definition) is 2. The maximum absolute atomic E-state index is 9.21. The van der Waals surface area contributed by atoms with E-state index in [1.807, 2.05) is 36.0 Å². The van der Waals surface area contributed by atoms with Crippen LogP contribution in [0.25, 0.3) is 22.3 Å². The smallest absolute Gasteiger partial charge is 0.140 e. The van der Waals surface area contributed by atoms with E-state index in [9.17, 15) is 5.11 Å². The fourth-order valence-corrected chi connectivity index (χ4v) is 1.96. The Hall–Kier alpha value is -2.14. The number of hydrogen-bond acceptors (Lipinski definition) is 3. The van der Waals surface area contributed by atoms with Gasteiger partial charge in [-0.2, -0.15) is 5.10 Å². The van der Waals surface area contributed by atoms with Gasteiger partial charge in [-0.25, -0.2) is 4.98 Å². The van der Waals surface area contributed by atoms with E-state index < -0.39 is 0 Å². The molecule has 0 atom stereocenters. The van der Waals surface area contributed by atoms with Crippen LogP contribution in [0.1, 0.15) is 5.69 Å². The highest BCUT2D eigenvalue weighted by molar-refractivity contribution is 5.80. The summed E-state index contributed by atoms with van der Waals surface area (Å²) in [6.45, 7) is 0.0217. The molecule has 0 saturated heterocycles. The molecule has 3 rings (SSSR count). The molecule has 0 aliphatic carbocycles. The summed E-state index contributed by atoms with van der Waals surface area (Å²) in [4.78, 5) is 4.58. The molecule has 5 nitrogen and oxygen atoms in total. The molecular weight excluding hydrogens is 216 g/mol. The molecule has 5 heteroatoms. The zero-order valence-electron chi connectivity index (χ0n) is 9.38. The van der Waals surface area contributed by atoms with E-state index in [1.54, 1.807) is 6.20 Å². The molecule has 0 aliphatic heterocycles. The molecule has 0 saturated carbocycles. The molecule has 3 heterocycles. The van der Waals surface area contributed by atoms with Gasteiger partial charge < -0.3 is 9.67 Å². The molecule has 0 fully saturated rings. The Kier molecular flexibility index (Phi) is 2.19. The van der Waals surface area contributed by atoms with E-state index >= 15 is 0 Å². The summed E-state index contributed by atoms with van der Waals surface area (Å²) in [7, 11) is 1.90. The van der Waals surface area contributed by atoms with Gasteiger partial charge in [-0.15, -0.1) is 0 Å². The number of nitrogens with one attached hydrogen (secondary N) is 1. The molecule has 0 radical (unpaired) electrons. The number of aryl methyl sites for hydroxylation is 1. The summed E-state index contributed by atoms with van der Waals surface area (Å²) >= 11 is 0. The number of pyridine rings is 1. The zero-order chi connectivity index (χ0) is 11.8. The Morgan fingerprint density at radius 2 is 2.29 bits per heavy atom. The van der Waals surface area contributed by atoms with Gasteiger partial charge in [0.05, 0.1) is 18.5 Å². The third-order valence-corrected chi connectivity index (χ3v) is 2.93. The number of aliphatic hydroxyl groups excluding tert-OH is 1. The second kappa shape index (κ2) is 3.71. The van der Waals surface area contributed by atoms with Gasteiger partial charge in [0.1, 0.15) is 5.65 Å². The normalized spacial score (nSPS) is 11.2. The van der Waals surface area contributed by atoms with Crippen LogP contribution in [0.5, 0.6) is 0 Å². The number of aliphatic hydroxyl groups is 1. The summed E-state index contributed by atoms with van der Waals surface area (Å²) in [6.07, 6.45) is 3.55. The largest absolute Gasteiger partial charge is 0.390 e. The molecule has 0 aromatic carbocycles. The molecule has 0 unspecified atom stereocenters. The summed E-state index contributed by atoms with van der Waals surface area (Å²) in [5.41, 5.74) is 3.56. The van der Waals surface area contributed by atoms with Gasteiger partial charge in [0.25, 0.3) is 0 Å². The number of nitrogens with zero attached hydrogens (tertiary/aromatic N) is 3. The van der Waals surface area contributed by atoms with Gasteiger partial charge in [0.15, 0.2) is 0 Å². The molecule has 0 aliphatic rings. The van der Waals surface area contributed by atoms with Crippen molar-refractivity contribution in [3.63, 3.8) is 0 Å². The van der Waals surface area contributed by atoms with Crippen LogP contribution in [0.15, 0.2) is 30.6 Å². The molecule has 3 aromatic rings. The SMILES string of the molecule is Cn1c(CO)cc2ccc(-c3cn[nH]c3)nc21. The minimum absolute atomic E-state index is 0.0217. The molecule has 0 amide bonds. The van der Waals surface area contributed by atoms with Crippen molar-refractivity contribution in [2.75, 3.05) is 0 Å². The molecule has 86 valence electrons. The number of fused-ring (bicyclic) bond motifs is 1. The fraction of sp³-hybridized carbons (Fsp3) is 0.167. The predicted octanol–water partition coefficient (Wildman–Crippen LogP) is 1.46. The van der Waals surface area contributed by atoms with Gasteiger partial charge in [0.2, 0.25) is 0 Å². The van der Waals surface area contributed by atoms with Crippen molar-refractivity contribution in [1.82, 2.24) is 19.7 Å². The van der Waals surface area contributed by atoms with Crippen molar-refractivity contribution in [3.05, 3.63) is 36.3 Å². The summed E-state index contributed by atoms with van der Waals surface area (Å²) in [6, 6.07) is 5.90. The van der Waals surface area contributed by atoms with Gasteiger partial charge in [-0.1, -0.05) is 0 Å². The van der Waals surface area contributed by atoms with Crippen LogP contribution in [0.4, 0.5) is 0 Å². The lowest BCUT2D eigenvalue weighted by molar-refractivity contribution is 0.273. The second-order valence-corrected chi connectivity index (χ2v) is 3.95. The third-order valence-electron chi connectivity index (χ3n) is 2.93. The lowest BCUT2D eigenvalue weighted by Gasteiger charge is -2.01. The molecule has 17 heavy (non-hydrogen) atoms. The Labute approximate surface area is 97.7 Å². The van der Waals surface area contributed by atoms with Crippen LogP contribution in [0.2, 0.25) is 0 Å². The maximum atomic E-state index is 9.21. The lowest BCUT2D eigenvalue weighted by Crippen LogP contribution is -1.96. The van der Waals surface area contributed by atoms with Crippen molar-refractivity contribution in [1.29, 1.82) is 0 Å². The average molecular weight is 228 g/mol. The molecule has 2 N–H and O–H groups in total. The minimum atomic E-state index is 0.0217. The predicted molar refractivity (Wildman–Crippen MR) is 64.2 cm³/mol. The number of H-pyrrole nitrogens is 1. The van der Waals surface area contributed by atoms with Crippen molar-refractivity contribution >= 4 is 11.0 Å². The van der Waals surface area contributed by atoms with Gasteiger partial charge in [-0.3, -0.25) is 5.10 Å². The first-order valence-corrected chi connectivity index (χ1v) is 5.35. The first-order chi connectivity index (χ1) is 8.29. The van der Waals surface area contributed by atoms with Crippen molar-refractivity contribution in [2.45, 2.75) is 6.61 Å². The van der Waals surface area contributed by atoms with Crippen molar-refractivity contribution < 1.29 is 5.11 Å². The summed E-state index contributed by atoms with van der Waals surface area (Å²) in [5, 5.41) is 16.9. The van der Waals surface area contributed by atoms with Crippen molar-refractivity contribution in [3.8, 4) is 11.3 Å². The highest BCUT2D eigenvalue weighted by Crippen LogP contribution is 2.22. The van der Waals surface area contributed by atoms with E-state index in [0.29, 0.717) is 0 Å². The number of rotatable bonds is 2. The third kappa shape index (κ3) is 1.52. The highest BCUT2D eigenvalue weighted by atomic mass is 16.3. The van der Waals surface area contributed by atoms with Crippen molar-refractivity contribution in [2.24, 2.45) is 7.05 Å². The van der Waals surface area contributed by atoms with E-state index in [0.717, 1.165) is 28.0 Å². The van der Waals surface area contributed by atoms with Gasteiger partial charge in [-0.05, 0) is 18.2 Å². The lowest BCUT2D eigenvalue weighted by atomic mass is 10.2. The number of aromatic amines is 1. The Morgan fingerprint density at radius 1 is 1.41 bits per heavy atom. The van der Waals surface area contributed by atoms with Gasteiger partial charge in [0, 0.05) is 29.9 Å². The van der Waals surface area contributed by atoms with E-state index in [2.05, 4.69) is 15.2 Å². The van der Waals surface area contributed by atoms with Gasteiger partial charge >= 0.3 is 0 Å². The van der Waals surface area contributed by atoms with E-state index in [4.69, 9.17) is 0 Å². The highest BCUT2D eigenvalue weighted by Gasteiger charge is 2.08. The topological polar surface area (TPSA) is 66.7 Å². The molecule has 0 spiro atoms. The average Bonchev–Trinajstić information content (AvgIpc) is 2.97. The standard InChI is InChI=1S/C12H12N4O/c1-16-10(7-17)4-8-2-3-11(15-12(8)16)9-5-13-14-6-9/h2-6,17H,7H2,1H3,(H,13,14). The van der Waals surface area contributed by atoms with Crippen LogP contribution in [0, 0.1) is 0 Å². The summed E-state index contributed by atoms with van der Waals surface area (Å²) in [5.74, 6) is 0. The fourth-order valence-electron chi connectivity index (χ4n) is 1.96. The minimum Gasteiger partial charge on any atom is -0.390 e. The monoisotopic (exact) mass is 228 g/mol. The van der Waals surface area contributed by atoms with E-state index in [-0.39, 0.29) is 6.61 Å². The Bertz CT molecular complexity index is 655. The zero-order valence-corrected chi connectivity index (χ0v) is 9.38. The van der Waals surface area contributed by atoms with E-state index in [1.165, 1.54) is 0 Å². The first-order valence-electron chi connectivity index (χ1n) is 5.35. The Morgan fingerprint density at radius 3 is 3.00 bits per heavy atom. The molecular formula is C12H12N4O. The first kappa shape index (κ1) is 10.0. The molecule has 0 bridgehead atoms. The second-order valence-electron chi connectivity index (χ2n) is 3.95. The Balaban J connectivity index is 2.22. The van der Waals surface area contributed by atoms with Crippen LogP contribution < -0.4 is 0 Å².